The molecule has 0 unspecified atom stereocenters. The van der Waals surface area contributed by atoms with E-state index in [2.05, 4.69) is 29.2 Å². The van der Waals surface area contributed by atoms with Crippen LogP contribution in [0.15, 0.2) is 30.3 Å². The number of carbonyl (C=O) groups excluding carboxylic acids is 1. The zero-order valence-electron chi connectivity index (χ0n) is 12.0. The van der Waals surface area contributed by atoms with E-state index in [-0.39, 0.29) is 30.7 Å². The predicted octanol–water partition coefficient (Wildman–Crippen LogP) is 1.67. The molecular weight excluding hydrogens is 309 g/mol. The van der Waals surface area contributed by atoms with E-state index in [4.69, 9.17) is 5.73 Å². The highest BCUT2D eigenvalue weighted by Gasteiger charge is 2.48. The largest absolute Gasteiger partial charge is 0.339 e. The lowest BCUT2D eigenvalue weighted by Crippen LogP contribution is -2.53. The van der Waals surface area contributed by atoms with Gasteiger partial charge in [0.25, 0.3) is 0 Å². The van der Waals surface area contributed by atoms with Crippen LogP contribution in [-0.2, 0) is 11.3 Å². The van der Waals surface area contributed by atoms with Gasteiger partial charge < -0.3 is 10.6 Å². The highest BCUT2D eigenvalue weighted by molar-refractivity contribution is 5.89. The van der Waals surface area contributed by atoms with Crippen molar-refractivity contribution in [3.05, 3.63) is 35.9 Å². The normalized spacial score (nSPS) is 20.1. The Hall–Kier alpha value is -0.810. The number of nitrogens with zero attached hydrogens (tertiary/aromatic N) is 2. The molecule has 1 aliphatic heterocycles. The maximum Gasteiger partial charge on any atom is 0.242 e. The van der Waals surface area contributed by atoms with Crippen molar-refractivity contribution in [1.82, 2.24) is 9.80 Å². The molecule has 2 N–H and O–H groups in total. The van der Waals surface area contributed by atoms with E-state index in [1.165, 1.54) is 5.56 Å². The summed E-state index contributed by atoms with van der Waals surface area (Å²) in [5, 5.41) is 0. The third kappa shape index (κ3) is 4.33. The lowest BCUT2D eigenvalue weighted by molar-refractivity contribution is -0.135. The lowest BCUT2D eigenvalue weighted by atomic mass is 10.2. The van der Waals surface area contributed by atoms with E-state index in [9.17, 15) is 4.79 Å². The molecule has 2 fully saturated rings. The summed E-state index contributed by atoms with van der Waals surface area (Å²) >= 11 is 0. The Morgan fingerprint density at radius 2 is 1.62 bits per heavy atom. The van der Waals surface area contributed by atoms with Crippen LogP contribution >= 0.6 is 24.8 Å². The second-order valence-corrected chi connectivity index (χ2v) is 5.71. The summed E-state index contributed by atoms with van der Waals surface area (Å²) < 4.78 is 0. The summed E-state index contributed by atoms with van der Waals surface area (Å²) in [6, 6.07) is 10.5. The standard InChI is InChI=1S/C15H21N3O.2ClH/c16-15(6-7-15)14(19)18-10-8-17(9-11-18)12-13-4-2-1-3-5-13;;/h1-5H,6-12,16H2;2*1H. The molecule has 0 radical (unpaired) electrons. The van der Waals surface area contributed by atoms with Crippen LogP contribution in [-0.4, -0.2) is 47.4 Å². The Labute approximate surface area is 138 Å². The number of carbonyl (C=O) groups is 1. The molecular formula is C15H23Cl2N3O. The maximum absolute atomic E-state index is 12.1. The first-order chi connectivity index (χ1) is 9.17. The number of nitrogens with two attached hydrogens (primary N) is 1. The van der Waals surface area contributed by atoms with Crippen LogP contribution in [0.1, 0.15) is 18.4 Å². The molecule has 0 bridgehead atoms. The highest BCUT2D eigenvalue weighted by Crippen LogP contribution is 2.34. The molecule has 21 heavy (non-hydrogen) atoms. The molecule has 1 amide bonds. The van der Waals surface area contributed by atoms with Crippen LogP contribution in [0.3, 0.4) is 0 Å². The molecule has 1 saturated carbocycles. The van der Waals surface area contributed by atoms with Gasteiger partial charge in [-0.2, -0.15) is 0 Å². The molecule has 1 heterocycles. The topological polar surface area (TPSA) is 49.6 Å². The molecule has 3 rings (SSSR count). The van der Waals surface area contributed by atoms with E-state index in [1.807, 2.05) is 11.0 Å². The Morgan fingerprint density at radius 1 is 1.05 bits per heavy atom. The lowest BCUT2D eigenvalue weighted by Gasteiger charge is -2.36. The van der Waals surface area contributed by atoms with E-state index >= 15 is 0 Å². The van der Waals surface area contributed by atoms with Crippen LogP contribution in [0, 0.1) is 0 Å². The summed E-state index contributed by atoms with van der Waals surface area (Å²) in [5.74, 6) is 0.159. The third-order valence-corrected chi connectivity index (χ3v) is 4.12. The molecule has 2 aliphatic rings. The van der Waals surface area contributed by atoms with Crippen molar-refractivity contribution in [1.29, 1.82) is 0 Å². The van der Waals surface area contributed by atoms with Crippen LogP contribution in [0.2, 0.25) is 0 Å². The van der Waals surface area contributed by atoms with Gasteiger partial charge in [0.1, 0.15) is 0 Å². The van der Waals surface area contributed by atoms with Crippen molar-refractivity contribution >= 4 is 30.7 Å². The Balaban J connectivity index is 0.00000110. The molecule has 0 spiro atoms. The van der Waals surface area contributed by atoms with Crippen molar-refractivity contribution in [2.45, 2.75) is 24.9 Å². The summed E-state index contributed by atoms with van der Waals surface area (Å²) in [6.45, 7) is 4.47. The molecule has 118 valence electrons. The van der Waals surface area contributed by atoms with Crippen molar-refractivity contribution in [3.8, 4) is 0 Å². The van der Waals surface area contributed by atoms with Crippen molar-refractivity contribution < 1.29 is 4.79 Å². The number of benzene rings is 1. The zero-order chi connectivity index (χ0) is 13.3. The molecule has 1 aromatic rings. The smallest absolute Gasteiger partial charge is 0.242 e. The summed E-state index contributed by atoms with van der Waals surface area (Å²) in [4.78, 5) is 16.5. The monoisotopic (exact) mass is 331 g/mol. The van der Waals surface area contributed by atoms with E-state index in [0.717, 1.165) is 45.6 Å². The van der Waals surface area contributed by atoms with Gasteiger partial charge in [0.15, 0.2) is 0 Å². The molecule has 1 saturated heterocycles. The van der Waals surface area contributed by atoms with Gasteiger partial charge in [-0.15, -0.1) is 24.8 Å². The summed E-state index contributed by atoms with van der Waals surface area (Å²) in [7, 11) is 0. The van der Waals surface area contributed by atoms with Crippen LogP contribution < -0.4 is 5.73 Å². The van der Waals surface area contributed by atoms with E-state index < -0.39 is 5.54 Å². The molecule has 1 aliphatic carbocycles. The minimum Gasteiger partial charge on any atom is -0.339 e. The second-order valence-electron chi connectivity index (χ2n) is 5.71. The van der Waals surface area contributed by atoms with E-state index in [1.54, 1.807) is 0 Å². The van der Waals surface area contributed by atoms with Crippen LogP contribution in [0.25, 0.3) is 0 Å². The fraction of sp³-hybridized carbons (Fsp3) is 0.533. The van der Waals surface area contributed by atoms with Gasteiger partial charge in [-0.05, 0) is 18.4 Å². The van der Waals surface area contributed by atoms with Crippen molar-refractivity contribution in [2.75, 3.05) is 26.2 Å². The first kappa shape index (κ1) is 18.2. The zero-order valence-corrected chi connectivity index (χ0v) is 13.7. The number of hydrogen-bond acceptors (Lipinski definition) is 3. The van der Waals surface area contributed by atoms with Gasteiger partial charge in [0.05, 0.1) is 5.54 Å². The van der Waals surface area contributed by atoms with Gasteiger partial charge in [-0.1, -0.05) is 30.3 Å². The average Bonchev–Trinajstić information content (AvgIpc) is 3.19. The Bertz CT molecular complexity index is 457. The van der Waals surface area contributed by atoms with Gasteiger partial charge in [-0.3, -0.25) is 9.69 Å². The van der Waals surface area contributed by atoms with Gasteiger partial charge in [0.2, 0.25) is 5.91 Å². The van der Waals surface area contributed by atoms with Crippen LogP contribution in [0.4, 0.5) is 0 Å². The quantitative estimate of drug-likeness (QED) is 0.916. The fourth-order valence-electron chi connectivity index (χ4n) is 2.61. The minimum absolute atomic E-state index is 0. The molecule has 0 atom stereocenters. The minimum atomic E-state index is -0.512. The van der Waals surface area contributed by atoms with Crippen LogP contribution in [0.5, 0.6) is 0 Å². The first-order valence-electron chi connectivity index (χ1n) is 7.02. The molecule has 6 heteroatoms. The summed E-state index contributed by atoms with van der Waals surface area (Å²) in [6.07, 6.45) is 1.71. The van der Waals surface area contributed by atoms with Gasteiger partial charge >= 0.3 is 0 Å². The number of amides is 1. The molecule has 0 aromatic heterocycles. The number of rotatable bonds is 3. The Kier molecular flexibility index (Phi) is 6.47. The third-order valence-electron chi connectivity index (χ3n) is 4.12. The average molecular weight is 332 g/mol. The number of hydrogen-bond donors (Lipinski definition) is 1. The van der Waals surface area contributed by atoms with Gasteiger partial charge in [-0.25, -0.2) is 0 Å². The first-order valence-corrected chi connectivity index (χ1v) is 7.02. The highest BCUT2D eigenvalue weighted by atomic mass is 35.5. The predicted molar refractivity (Wildman–Crippen MR) is 88.9 cm³/mol. The molecule has 4 nitrogen and oxygen atoms in total. The Morgan fingerprint density at radius 3 is 2.14 bits per heavy atom. The van der Waals surface area contributed by atoms with Crippen molar-refractivity contribution in [3.63, 3.8) is 0 Å². The number of piperazine rings is 1. The SMILES string of the molecule is Cl.Cl.NC1(C(=O)N2CCN(Cc3ccccc3)CC2)CC1. The second kappa shape index (κ2) is 7.45. The summed E-state index contributed by atoms with van der Waals surface area (Å²) in [5.41, 5.74) is 6.80. The van der Waals surface area contributed by atoms with E-state index in [0.29, 0.717) is 0 Å². The maximum atomic E-state index is 12.1. The number of halogens is 2. The van der Waals surface area contributed by atoms with Crippen molar-refractivity contribution in [2.24, 2.45) is 5.73 Å². The van der Waals surface area contributed by atoms with Gasteiger partial charge in [0, 0.05) is 32.7 Å². The fourth-order valence-corrected chi connectivity index (χ4v) is 2.61. The molecule has 1 aromatic carbocycles.